The van der Waals surface area contributed by atoms with Crippen LogP contribution in [0.15, 0.2) is 22.7 Å². The summed E-state index contributed by atoms with van der Waals surface area (Å²) in [7, 11) is 0. The van der Waals surface area contributed by atoms with Gasteiger partial charge in [-0.2, -0.15) is 18.2 Å². The number of benzene rings is 1. The number of nitrogens with one attached hydrogen (secondary N) is 1. The molecule has 0 bridgehead atoms. The summed E-state index contributed by atoms with van der Waals surface area (Å²) in [6, 6.07) is 3.74. The summed E-state index contributed by atoms with van der Waals surface area (Å²) in [4.78, 5) is 17.8. The zero-order valence-electron chi connectivity index (χ0n) is 15.4. The maximum absolute atomic E-state index is 14.3. The molecule has 0 unspecified atom stereocenters. The molecule has 1 aromatic carbocycles. The molecular weight excluding hydrogens is 380 g/mol. The van der Waals surface area contributed by atoms with Crippen LogP contribution in [0.25, 0.3) is 11.4 Å². The molecule has 1 amide bonds. The summed E-state index contributed by atoms with van der Waals surface area (Å²) < 4.78 is 56.0. The lowest BCUT2D eigenvalue weighted by atomic mass is 10.1. The minimum absolute atomic E-state index is 0.0575. The fourth-order valence-corrected chi connectivity index (χ4v) is 3.25. The van der Waals surface area contributed by atoms with Crippen molar-refractivity contribution in [3.63, 3.8) is 0 Å². The molecule has 2 aromatic rings. The smallest absolute Gasteiger partial charge is 0.348 e. The molecular formula is C18H20F4N4O2. The first kappa shape index (κ1) is 20.2. The van der Waals surface area contributed by atoms with E-state index in [0.717, 1.165) is 31.5 Å². The fraction of sp³-hybridized carbons (Fsp3) is 0.500. The van der Waals surface area contributed by atoms with Gasteiger partial charge < -0.3 is 9.84 Å². The number of amides is 1. The third-order valence-corrected chi connectivity index (χ3v) is 4.72. The van der Waals surface area contributed by atoms with Gasteiger partial charge in [-0.15, -0.1) is 0 Å². The maximum atomic E-state index is 14.3. The van der Waals surface area contributed by atoms with Gasteiger partial charge in [0.1, 0.15) is 5.82 Å². The highest BCUT2D eigenvalue weighted by Crippen LogP contribution is 2.30. The van der Waals surface area contributed by atoms with Crippen molar-refractivity contribution < 1.29 is 26.9 Å². The monoisotopic (exact) mass is 400 g/mol. The van der Waals surface area contributed by atoms with Crippen molar-refractivity contribution in [1.29, 1.82) is 0 Å². The van der Waals surface area contributed by atoms with Crippen LogP contribution in [0.3, 0.4) is 0 Å². The molecule has 1 saturated heterocycles. The summed E-state index contributed by atoms with van der Waals surface area (Å²) >= 11 is 0. The molecule has 1 aliphatic heterocycles. The average Bonchev–Trinajstić information content (AvgIpc) is 3.24. The molecule has 0 saturated carbocycles. The quantitative estimate of drug-likeness (QED) is 0.778. The Bertz CT molecular complexity index is 852. The predicted octanol–water partition coefficient (Wildman–Crippen LogP) is 3.50. The number of alkyl halides is 3. The van der Waals surface area contributed by atoms with Gasteiger partial charge in [0.2, 0.25) is 5.82 Å². The van der Waals surface area contributed by atoms with Crippen molar-refractivity contribution in [2.24, 2.45) is 0 Å². The van der Waals surface area contributed by atoms with Gasteiger partial charge in [-0.1, -0.05) is 5.16 Å². The molecule has 2 heterocycles. The number of rotatable bonds is 5. The van der Waals surface area contributed by atoms with Crippen LogP contribution in [0, 0.1) is 5.82 Å². The Morgan fingerprint density at radius 1 is 1.43 bits per heavy atom. The number of carbonyl (C=O) groups excluding carboxylic acids is 1. The summed E-state index contributed by atoms with van der Waals surface area (Å²) in [6.45, 7) is 5.68. The number of carbonyl (C=O) groups is 1. The molecule has 1 aliphatic rings. The predicted molar refractivity (Wildman–Crippen MR) is 91.9 cm³/mol. The van der Waals surface area contributed by atoms with E-state index < -0.39 is 29.6 Å². The first-order valence-corrected chi connectivity index (χ1v) is 8.91. The van der Waals surface area contributed by atoms with Gasteiger partial charge in [-0.05, 0) is 51.4 Å². The number of hydrogen-bond donors (Lipinski definition) is 1. The molecule has 1 aromatic heterocycles. The fourth-order valence-electron chi connectivity index (χ4n) is 3.25. The van der Waals surface area contributed by atoms with E-state index in [2.05, 4.69) is 31.8 Å². The largest absolute Gasteiger partial charge is 0.471 e. The maximum Gasteiger partial charge on any atom is 0.471 e. The van der Waals surface area contributed by atoms with Crippen molar-refractivity contribution in [1.82, 2.24) is 20.4 Å². The van der Waals surface area contributed by atoms with Crippen LogP contribution in [0.2, 0.25) is 0 Å². The van der Waals surface area contributed by atoms with E-state index in [1.807, 2.05) is 6.92 Å². The zero-order chi connectivity index (χ0) is 20.5. The van der Waals surface area contributed by atoms with Gasteiger partial charge in [-0.25, -0.2) is 4.39 Å². The average molecular weight is 400 g/mol. The summed E-state index contributed by atoms with van der Waals surface area (Å²) in [6.07, 6.45) is -2.56. The highest BCUT2D eigenvalue weighted by atomic mass is 19.4. The molecule has 1 fully saturated rings. The Labute approximate surface area is 158 Å². The highest BCUT2D eigenvalue weighted by Gasteiger charge is 2.38. The van der Waals surface area contributed by atoms with Gasteiger partial charge in [0.05, 0.1) is 5.56 Å². The number of halogens is 4. The standard InChI is InChI=1S/C18H20F4N4O2/c1-10(9-26-7-3-4-11(26)2)23-16(27)12-5-6-13(14(19)8-12)15-24-17(28-25-15)18(20,21)22/h5-6,8,10-11H,3-4,7,9H2,1-2H3,(H,23,27)/t10-,11+/m1/s1. The highest BCUT2D eigenvalue weighted by molar-refractivity contribution is 5.94. The van der Waals surface area contributed by atoms with Crippen LogP contribution in [-0.2, 0) is 6.18 Å². The second kappa shape index (κ2) is 7.86. The van der Waals surface area contributed by atoms with Gasteiger partial charge >= 0.3 is 12.1 Å². The minimum atomic E-state index is -4.81. The second-order valence-corrected chi connectivity index (χ2v) is 6.98. The van der Waals surface area contributed by atoms with E-state index in [-0.39, 0.29) is 17.2 Å². The number of nitrogens with zero attached hydrogens (tertiary/aromatic N) is 3. The summed E-state index contributed by atoms with van der Waals surface area (Å²) in [5, 5.41) is 5.96. The Kier molecular flexibility index (Phi) is 5.69. The molecule has 2 atom stereocenters. The van der Waals surface area contributed by atoms with Gasteiger partial charge in [0.25, 0.3) is 5.91 Å². The van der Waals surface area contributed by atoms with Crippen LogP contribution >= 0.6 is 0 Å². The van der Waals surface area contributed by atoms with Gasteiger partial charge in [0.15, 0.2) is 0 Å². The molecule has 6 nitrogen and oxygen atoms in total. The van der Waals surface area contributed by atoms with Crippen molar-refractivity contribution in [2.75, 3.05) is 13.1 Å². The lowest BCUT2D eigenvalue weighted by molar-refractivity contribution is -0.159. The molecule has 0 aliphatic carbocycles. The van der Waals surface area contributed by atoms with Crippen LogP contribution in [0.4, 0.5) is 17.6 Å². The Hall–Kier alpha value is -2.49. The zero-order valence-corrected chi connectivity index (χ0v) is 15.4. The molecule has 152 valence electrons. The summed E-state index contributed by atoms with van der Waals surface area (Å²) in [5.74, 6) is -3.47. The molecule has 0 radical (unpaired) electrons. The first-order chi connectivity index (χ1) is 13.1. The molecule has 10 heteroatoms. The van der Waals surface area contributed by atoms with Crippen LogP contribution in [0.5, 0.6) is 0 Å². The Balaban J connectivity index is 1.67. The number of hydrogen-bond acceptors (Lipinski definition) is 5. The van der Waals surface area contributed by atoms with Crippen LogP contribution in [0.1, 0.15) is 42.9 Å². The van der Waals surface area contributed by atoms with E-state index in [4.69, 9.17) is 0 Å². The van der Waals surface area contributed by atoms with Crippen LogP contribution < -0.4 is 5.32 Å². The first-order valence-electron chi connectivity index (χ1n) is 8.91. The lowest BCUT2D eigenvalue weighted by Gasteiger charge is -2.25. The van der Waals surface area contributed by atoms with Crippen LogP contribution in [-0.4, -0.2) is 46.1 Å². The second-order valence-electron chi connectivity index (χ2n) is 6.98. The third kappa shape index (κ3) is 4.49. The molecule has 3 rings (SSSR count). The Morgan fingerprint density at radius 2 is 2.18 bits per heavy atom. The van der Waals surface area contributed by atoms with E-state index >= 15 is 0 Å². The third-order valence-electron chi connectivity index (χ3n) is 4.72. The van der Waals surface area contributed by atoms with E-state index in [0.29, 0.717) is 12.6 Å². The normalized spacial score (nSPS) is 19.0. The van der Waals surface area contributed by atoms with E-state index in [1.54, 1.807) is 0 Å². The van der Waals surface area contributed by atoms with Gasteiger partial charge in [0, 0.05) is 24.2 Å². The van der Waals surface area contributed by atoms with Gasteiger partial charge in [-0.3, -0.25) is 9.69 Å². The summed E-state index contributed by atoms with van der Waals surface area (Å²) in [5.41, 5.74) is -0.225. The molecule has 28 heavy (non-hydrogen) atoms. The van der Waals surface area contributed by atoms with E-state index in [9.17, 15) is 22.4 Å². The Morgan fingerprint density at radius 3 is 2.75 bits per heavy atom. The molecule has 1 N–H and O–H groups in total. The van der Waals surface area contributed by atoms with Crippen molar-refractivity contribution in [3.8, 4) is 11.4 Å². The number of aromatic nitrogens is 2. The number of likely N-dealkylation sites (tertiary alicyclic amines) is 1. The van der Waals surface area contributed by atoms with Crippen molar-refractivity contribution >= 4 is 5.91 Å². The van der Waals surface area contributed by atoms with Crippen molar-refractivity contribution in [3.05, 3.63) is 35.5 Å². The lowest BCUT2D eigenvalue weighted by Crippen LogP contribution is -2.43. The molecule has 0 spiro atoms. The SMILES string of the molecule is C[C@H](CN1CCC[C@@H]1C)NC(=O)c1ccc(-c2noc(C(F)(F)F)n2)c(F)c1. The minimum Gasteiger partial charge on any atom is -0.348 e. The topological polar surface area (TPSA) is 71.3 Å². The van der Waals surface area contributed by atoms with E-state index in [1.165, 1.54) is 6.07 Å². The van der Waals surface area contributed by atoms with Crippen molar-refractivity contribution in [2.45, 2.75) is 44.9 Å².